The van der Waals surface area contributed by atoms with E-state index in [4.69, 9.17) is 0 Å². The summed E-state index contributed by atoms with van der Waals surface area (Å²) in [6, 6.07) is 0. The molecule has 2 aliphatic carbocycles. The summed E-state index contributed by atoms with van der Waals surface area (Å²) in [7, 11) is 0. The fraction of sp³-hybridized carbons (Fsp3) is 0.750. The molecule has 5 atom stereocenters. The van der Waals surface area contributed by atoms with Gasteiger partial charge in [-0.2, -0.15) is 0 Å². The first-order valence-corrected chi connectivity index (χ1v) is 7.45. The zero-order chi connectivity index (χ0) is 14.5. The van der Waals surface area contributed by atoms with Crippen LogP contribution in [-0.4, -0.2) is 25.2 Å². The molecule has 4 nitrogen and oxygen atoms in total. The molecule has 0 aliphatic heterocycles. The lowest BCUT2D eigenvalue weighted by atomic mass is 9.57. The normalized spacial score (nSPS) is 36.5. The van der Waals surface area contributed by atoms with E-state index < -0.39 is 0 Å². The number of rotatable bonds is 4. The monoisotopic (exact) mass is 274 g/mol. The van der Waals surface area contributed by atoms with Gasteiger partial charge in [-0.05, 0) is 42.9 Å². The minimum Gasteiger partial charge on any atom is -0.211 e. The first kappa shape index (κ1) is 14.9. The van der Waals surface area contributed by atoms with E-state index in [1.165, 1.54) is 12.0 Å². The number of fused-ring (bicyclic) bond motifs is 1. The molecule has 0 aromatic rings. The second kappa shape index (κ2) is 6.78. The fourth-order valence-electron chi connectivity index (χ4n) is 4.18. The highest BCUT2D eigenvalue weighted by Crippen LogP contribution is 2.50. The lowest BCUT2D eigenvalue weighted by molar-refractivity contribution is 0.0860. The van der Waals surface area contributed by atoms with Crippen molar-refractivity contribution in [2.45, 2.75) is 32.6 Å². The van der Waals surface area contributed by atoms with Gasteiger partial charge in [0.1, 0.15) is 0 Å². The molecule has 108 valence electrons. The molecule has 0 aromatic carbocycles. The van der Waals surface area contributed by atoms with Gasteiger partial charge in [-0.15, -0.1) is 0 Å². The molecule has 0 radical (unpaired) electrons. The van der Waals surface area contributed by atoms with Gasteiger partial charge in [-0.1, -0.05) is 25.5 Å². The summed E-state index contributed by atoms with van der Waals surface area (Å²) in [6.07, 6.45) is 7.79. The molecule has 2 rings (SSSR count). The zero-order valence-electron chi connectivity index (χ0n) is 12.0. The highest BCUT2D eigenvalue weighted by molar-refractivity contribution is 5.33. The number of hydrogen-bond acceptors (Lipinski definition) is 4. The standard InChI is InChI=1S/C16H22N2O2/c1-11-3-4-14(8-18-10-20)16-12(2)13(7-17-9-19)5-6-15(11)16/h11,13-16H,2-8H2,1H3. The number of aliphatic imine (C=N–C) groups is 2. The molecule has 0 amide bonds. The van der Waals surface area contributed by atoms with E-state index in [-0.39, 0.29) is 5.92 Å². The second-order valence-corrected chi connectivity index (χ2v) is 6.22. The van der Waals surface area contributed by atoms with Crippen molar-refractivity contribution in [2.75, 3.05) is 13.1 Å². The van der Waals surface area contributed by atoms with E-state index in [1.54, 1.807) is 12.2 Å². The average molecular weight is 274 g/mol. The van der Waals surface area contributed by atoms with Gasteiger partial charge in [-0.3, -0.25) is 0 Å². The van der Waals surface area contributed by atoms with Crippen molar-refractivity contribution in [3.8, 4) is 0 Å². The average Bonchev–Trinajstić information content (AvgIpc) is 2.46. The Balaban J connectivity index is 2.17. The third kappa shape index (κ3) is 2.98. The van der Waals surface area contributed by atoms with E-state index in [9.17, 15) is 9.59 Å². The van der Waals surface area contributed by atoms with E-state index >= 15 is 0 Å². The summed E-state index contributed by atoms with van der Waals surface area (Å²) in [5.74, 6) is 2.43. The molecule has 5 unspecified atom stereocenters. The Kier molecular flexibility index (Phi) is 5.05. The van der Waals surface area contributed by atoms with Gasteiger partial charge in [0.25, 0.3) is 0 Å². The smallest absolute Gasteiger partial charge is 0.211 e. The van der Waals surface area contributed by atoms with Crippen LogP contribution in [-0.2, 0) is 9.59 Å². The van der Waals surface area contributed by atoms with Crippen LogP contribution in [0, 0.1) is 29.6 Å². The maximum atomic E-state index is 10.4. The molecule has 4 heteroatoms. The van der Waals surface area contributed by atoms with Crippen LogP contribution in [0.1, 0.15) is 32.6 Å². The summed E-state index contributed by atoms with van der Waals surface area (Å²) in [4.78, 5) is 28.2. The van der Waals surface area contributed by atoms with E-state index in [0.29, 0.717) is 36.8 Å². The van der Waals surface area contributed by atoms with Crippen LogP contribution < -0.4 is 0 Å². The third-order valence-electron chi connectivity index (χ3n) is 5.26. The SMILES string of the molecule is C=C1C(CN=C=O)CCC2C(C)CCC(CN=C=O)C12. The molecule has 0 N–H and O–H groups in total. The predicted octanol–water partition coefficient (Wildman–Crippen LogP) is 2.90. The van der Waals surface area contributed by atoms with Crippen molar-refractivity contribution in [1.29, 1.82) is 0 Å². The first-order valence-electron chi connectivity index (χ1n) is 7.45. The summed E-state index contributed by atoms with van der Waals surface area (Å²) in [5, 5.41) is 0. The highest BCUT2D eigenvalue weighted by Gasteiger charge is 2.43. The molecule has 20 heavy (non-hydrogen) atoms. The minimum absolute atomic E-state index is 0.283. The van der Waals surface area contributed by atoms with E-state index in [1.807, 2.05) is 0 Å². The molecule has 0 spiro atoms. The van der Waals surface area contributed by atoms with Crippen molar-refractivity contribution < 1.29 is 9.59 Å². The van der Waals surface area contributed by atoms with Gasteiger partial charge < -0.3 is 0 Å². The Morgan fingerprint density at radius 3 is 2.50 bits per heavy atom. The van der Waals surface area contributed by atoms with Crippen molar-refractivity contribution in [2.24, 2.45) is 39.6 Å². The van der Waals surface area contributed by atoms with Crippen molar-refractivity contribution >= 4 is 12.2 Å². The van der Waals surface area contributed by atoms with Crippen LogP contribution >= 0.6 is 0 Å². The van der Waals surface area contributed by atoms with Crippen LogP contribution in [0.15, 0.2) is 22.1 Å². The van der Waals surface area contributed by atoms with E-state index in [2.05, 4.69) is 23.5 Å². The molecular weight excluding hydrogens is 252 g/mol. The van der Waals surface area contributed by atoms with Gasteiger partial charge in [0.2, 0.25) is 12.2 Å². The number of isocyanates is 2. The predicted molar refractivity (Wildman–Crippen MR) is 76.7 cm³/mol. The lowest BCUT2D eigenvalue weighted by Crippen LogP contribution is -2.41. The molecule has 0 heterocycles. The Morgan fingerprint density at radius 2 is 1.80 bits per heavy atom. The van der Waals surface area contributed by atoms with Gasteiger partial charge in [0.15, 0.2) is 0 Å². The minimum atomic E-state index is 0.283. The Labute approximate surface area is 120 Å². The molecular formula is C16H22N2O2. The molecule has 2 saturated carbocycles. The Bertz CT molecular complexity index is 461. The largest absolute Gasteiger partial charge is 0.234 e. The van der Waals surface area contributed by atoms with Crippen LogP contribution in [0.4, 0.5) is 0 Å². The molecule has 0 bridgehead atoms. The van der Waals surface area contributed by atoms with Crippen LogP contribution in [0.5, 0.6) is 0 Å². The summed E-state index contributed by atoms with van der Waals surface area (Å²) < 4.78 is 0. The number of carbonyl (C=O) groups excluding carboxylic acids is 2. The van der Waals surface area contributed by atoms with Crippen LogP contribution in [0.25, 0.3) is 0 Å². The maximum absolute atomic E-state index is 10.4. The first-order chi connectivity index (χ1) is 9.69. The quantitative estimate of drug-likeness (QED) is 0.449. The summed E-state index contributed by atoms with van der Waals surface area (Å²) >= 11 is 0. The molecule has 2 aliphatic rings. The number of nitrogens with zero attached hydrogens (tertiary/aromatic N) is 2. The lowest BCUT2D eigenvalue weighted by Gasteiger charge is -2.48. The van der Waals surface area contributed by atoms with Crippen LogP contribution in [0.2, 0.25) is 0 Å². The molecule has 2 fully saturated rings. The number of hydrogen-bond donors (Lipinski definition) is 0. The highest BCUT2D eigenvalue weighted by atomic mass is 16.1. The maximum Gasteiger partial charge on any atom is 0.234 e. The molecule has 0 saturated heterocycles. The zero-order valence-corrected chi connectivity index (χ0v) is 12.0. The Morgan fingerprint density at radius 1 is 1.10 bits per heavy atom. The van der Waals surface area contributed by atoms with Crippen molar-refractivity contribution in [1.82, 2.24) is 0 Å². The van der Waals surface area contributed by atoms with Crippen molar-refractivity contribution in [3.05, 3.63) is 12.2 Å². The third-order valence-corrected chi connectivity index (χ3v) is 5.26. The van der Waals surface area contributed by atoms with E-state index in [0.717, 1.165) is 19.3 Å². The fourth-order valence-corrected chi connectivity index (χ4v) is 4.18. The summed E-state index contributed by atoms with van der Waals surface area (Å²) in [5.41, 5.74) is 1.21. The van der Waals surface area contributed by atoms with Crippen LogP contribution in [0.3, 0.4) is 0 Å². The van der Waals surface area contributed by atoms with Gasteiger partial charge in [-0.25, -0.2) is 19.6 Å². The Hall–Kier alpha value is -1.50. The van der Waals surface area contributed by atoms with Gasteiger partial charge in [0, 0.05) is 5.92 Å². The second-order valence-electron chi connectivity index (χ2n) is 6.22. The van der Waals surface area contributed by atoms with Gasteiger partial charge >= 0.3 is 0 Å². The molecule has 0 aromatic heterocycles. The van der Waals surface area contributed by atoms with Gasteiger partial charge in [0.05, 0.1) is 13.1 Å². The summed E-state index contributed by atoms with van der Waals surface area (Å²) in [6.45, 7) is 7.67. The topological polar surface area (TPSA) is 58.9 Å². The van der Waals surface area contributed by atoms with Crippen molar-refractivity contribution in [3.63, 3.8) is 0 Å².